The molecular weight excluding hydrogens is 427 g/mol. The van der Waals surface area contributed by atoms with E-state index in [0.29, 0.717) is 26.4 Å². The number of hydrogen-bond donors (Lipinski definition) is 0. The second-order valence-electron chi connectivity index (χ2n) is 6.77. The molecule has 0 aromatic carbocycles. The molecule has 0 unspecified atom stereocenters. The van der Waals surface area contributed by atoms with Gasteiger partial charge in [-0.25, -0.2) is 0 Å². The van der Waals surface area contributed by atoms with E-state index < -0.39 is 0 Å². The third-order valence-electron chi connectivity index (χ3n) is 4.36. The van der Waals surface area contributed by atoms with Crippen LogP contribution in [0.5, 0.6) is 0 Å². The van der Waals surface area contributed by atoms with Crippen LogP contribution in [-0.4, -0.2) is 44.1 Å². The van der Waals surface area contributed by atoms with Gasteiger partial charge in [-0.1, -0.05) is 107 Å². The molecule has 0 bridgehead atoms. The maximum Gasteiger partial charge on any atom is 0.0701 e. The molecule has 0 amide bonds. The molecule has 0 radical (unpaired) electrons. The SMILES string of the molecule is CCCCCCCCCCCCCCCOCCOCCOCCI. The van der Waals surface area contributed by atoms with Gasteiger partial charge in [-0.15, -0.1) is 0 Å². The van der Waals surface area contributed by atoms with E-state index in [2.05, 4.69) is 29.5 Å². The van der Waals surface area contributed by atoms with E-state index in [4.69, 9.17) is 14.2 Å². The van der Waals surface area contributed by atoms with Gasteiger partial charge in [0.05, 0.1) is 33.0 Å². The highest BCUT2D eigenvalue weighted by Gasteiger charge is 1.95. The highest BCUT2D eigenvalue weighted by molar-refractivity contribution is 14.1. The molecule has 0 fully saturated rings. The summed E-state index contributed by atoms with van der Waals surface area (Å²) >= 11 is 2.31. The highest BCUT2D eigenvalue weighted by Crippen LogP contribution is 2.12. The number of ether oxygens (including phenoxy) is 3. The third-order valence-corrected chi connectivity index (χ3v) is 4.80. The summed E-state index contributed by atoms with van der Waals surface area (Å²) in [5, 5.41) is 0. The molecule has 152 valence electrons. The first-order valence-electron chi connectivity index (χ1n) is 10.7. The molecule has 0 N–H and O–H groups in total. The van der Waals surface area contributed by atoms with Gasteiger partial charge in [0.2, 0.25) is 0 Å². The van der Waals surface area contributed by atoms with Gasteiger partial charge in [0.15, 0.2) is 0 Å². The first kappa shape index (κ1) is 25.6. The van der Waals surface area contributed by atoms with Gasteiger partial charge >= 0.3 is 0 Å². The monoisotopic (exact) mass is 470 g/mol. The Bertz CT molecular complexity index is 205. The van der Waals surface area contributed by atoms with Crippen LogP contribution >= 0.6 is 22.6 Å². The van der Waals surface area contributed by atoms with E-state index in [9.17, 15) is 0 Å². The summed E-state index contributed by atoms with van der Waals surface area (Å²) in [5.41, 5.74) is 0. The largest absolute Gasteiger partial charge is 0.379 e. The fourth-order valence-corrected chi connectivity index (χ4v) is 3.13. The molecule has 0 aromatic heterocycles. The van der Waals surface area contributed by atoms with Gasteiger partial charge in [0.25, 0.3) is 0 Å². The lowest BCUT2D eigenvalue weighted by atomic mass is 10.0. The highest BCUT2D eigenvalue weighted by atomic mass is 127. The fraction of sp³-hybridized carbons (Fsp3) is 1.00. The van der Waals surface area contributed by atoms with E-state index in [1.54, 1.807) is 0 Å². The molecule has 0 aliphatic heterocycles. The number of halogens is 1. The Labute approximate surface area is 171 Å². The molecule has 0 aliphatic carbocycles. The number of rotatable bonds is 22. The van der Waals surface area contributed by atoms with Crippen molar-refractivity contribution in [2.45, 2.75) is 90.4 Å². The van der Waals surface area contributed by atoms with E-state index in [1.165, 1.54) is 83.5 Å². The minimum atomic E-state index is 0.679. The molecule has 0 heterocycles. The average molecular weight is 470 g/mol. The molecule has 3 nitrogen and oxygen atoms in total. The van der Waals surface area contributed by atoms with Gasteiger partial charge in [-0.3, -0.25) is 0 Å². The van der Waals surface area contributed by atoms with Gasteiger partial charge < -0.3 is 14.2 Å². The van der Waals surface area contributed by atoms with Gasteiger partial charge in [0, 0.05) is 11.0 Å². The van der Waals surface area contributed by atoms with Crippen LogP contribution < -0.4 is 0 Å². The summed E-state index contributed by atoms with van der Waals surface area (Å²) in [6.07, 6.45) is 18.1. The van der Waals surface area contributed by atoms with Crippen LogP contribution in [0.3, 0.4) is 0 Å². The predicted octanol–water partition coefficient (Wildman–Crippen LogP) is 6.56. The summed E-state index contributed by atoms with van der Waals surface area (Å²) in [4.78, 5) is 0. The second-order valence-corrected chi connectivity index (χ2v) is 7.85. The molecule has 0 rings (SSSR count). The summed E-state index contributed by atoms with van der Waals surface area (Å²) in [6, 6.07) is 0. The first-order chi connectivity index (χ1) is 12.4. The molecule has 4 heteroatoms. The van der Waals surface area contributed by atoms with Crippen molar-refractivity contribution in [2.75, 3.05) is 44.1 Å². The van der Waals surface area contributed by atoms with Crippen molar-refractivity contribution >= 4 is 22.6 Å². The van der Waals surface area contributed by atoms with E-state index in [0.717, 1.165) is 17.6 Å². The molecule has 0 aromatic rings. The molecular formula is C21H43IO3. The second kappa shape index (κ2) is 24.6. The molecule has 0 saturated carbocycles. The van der Waals surface area contributed by atoms with Gasteiger partial charge in [-0.2, -0.15) is 0 Å². The summed E-state index contributed by atoms with van der Waals surface area (Å²) in [6.45, 7) is 6.76. The number of alkyl halides is 1. The average Bonchev–Trinajstić information content (AvgIpc) is 2.63. The van der Waals surface area contributed by atoms with Crippen LogP contribution in [0.1, 0.15) is 90.4 Å². The lowest BCUT2D eigenvalue weighted by Crippen LogP contribution is -2.10. The van der Waals surface area contributed by atoms with Crippen LogP contribution in [0.2, 0.25) is 0 Å². The topological polar surface area (TPSA) is 27.7 Å². The summed E-state index contributed by atoms with van der Waals surface area (Å²) < 4.78 is 17.4. The molecule has 0 aliphatic rings. The van der Waals surface area contributed by atoms with Crippen LogP contribution in [-0.2, 0) is 14.2 Å². The van der Waals surface area contributed by atoms with Crippen LogP contribution in [0.25, 0.3) is 0 Å². The van der Waals surface area contributed by atoms with Crippen molar-refractivity contribution < 1.29 is 14.2 Å². The van der Waals surface area contributed by atoms with Gasteiger partial charge in [-0.05, 0) is 6.42 Å². The predicted molar refractivity (Wildman–Crippen MR) is 117 cm³/mol. The third kappa shape index (κ3) is 24.6. The Balaban J connectivity index is 2.94. The standard InChI is InChI=1S/C21H43IO3/c1-2-3-4-5-6-7-8-9-10-11-12-13-14-16-23-18-20-25-21-19-24-17-15-22/h2-21H2,1H3. The molecule has 25 heavy (non-hydrogen) atoms. The Morgan fingerprint density at radius 1 is 0.440 bits per heavy atom. The summed E-state index contributed by atoms with van der Waals surface area (Å²) in [5.74, 6) is 0. The zero-order valence-corrected chi connectivity index (χ0v) is 18.9. The summed E-state index contributed by atoms with van der Waals surface area (Å²) in [7, 11) is 0. The zero-order valence-electron chi connectivity index (χ0n) is 16.7. The van der Waals surface area contributed by atoms with E-state index in [1.807, 2.05) is 0 Å². The van der Waals surface area contributed by atoms with Crippen molar-refractivity contribution in [1.82, 2.24) is 0 Å². The smallest absolute Gasteiger partial charge is 0.0701 e. The lowest BCUT2D eigenvalue weighted by molar-refractivity contribution is 0.0169. The lowest BCUT2D eigenvalue weighted by Gasteiger charge is -2.06. The quantitative estimate of drug-likeness (QED) is 0.102. The zero-order chi connectivity index (χ0) is 18.3. The Hall–Kier alpha value is 0.610. The Morgan fingerprint density at radius 3 is 1.24 bits per heavy atom. The maximum atomic E-state index is 5.59. The van der Waals surface area contributed by atoms with Crippen molar-refractivity contribution in [3.8, 4) is 0 Å². The Morgan fingerprint density at radius 2 is 0.800 bits per heavy atom. The molecule has 0 saturated heterocycles. The Kier molecular flexibility index (Phi) is 25.2. The van der Waals surface area contributed by atoms with Crippen molar-refractivity contribution in [2.24, 2.45) is 0 Å². The number of hydrogen-bond acceptors (Lipinski definition) is 3. The van der Waals surface area contributed by atoms with Crippen LogP contribution in [0.15, 0.2) is 0 Å². The van der Waals surface area contributed by atoms with Crippen molar-refractivity contribution in [3.05, 3.63) is 0 Å². The van der Waals surface area contributed by atoms with Crippen molar-refractivity contribution in [1.29, 1.82) is 0 Å². The van der Waals surface area contributed by atoms with Crippen LogP contribution in [0, 0.1) is 0 Å². The minimum Gasteiger partial charge on any atom is -0.379 e. The van der Waals surface area contributed by atoms with E-state index >= 15 is 0 Å². The fourth-order valence-electron chi connectivity index (χ4n) is 2.82. The maximum absolute atomic E-state index is 5.59. The number of unbranched alkanes of at least 4 members (excludes halogenated alkanes) is 12. The van der Waals surface area contributed by atoms with Gasteiger partial charge in [0.1, 0.15) is 0 Å². The normalized spacial score (nSPS) is 11.3. The molecule has 0 spiro atoms. The van der Waals surface area contributed by atoms with Crippen molar-refractivity contribution in [3.63, 3.8) is 0 Å². The van der Waals surface area contributed by atoms with Crippen LogP contribution in [0.4, 0.5) is 0 Å². The van der Waals surface area contributed by atoms with E-state index in [-0.39, 0.29) is 0 Å². The molecule has 0 atom stereocenters. The minimum absolute atomic E-state index is 0.679. The first-order valence-corrected chi connectivity index (χ1v) is 12.2.